The van der Waals surface area contributed by atoms with Crippen LogP contribution in [0.2, 0.25) is 0 Å². The van der Waals surface area contributed by atoms with E-state index in [9.17, 15) is 20.4 Å². The summed E-state index contributed by atoms with van der Waals surface area (Å²) in [4.78, 5) is 24.9. The van der Waals surface area contributed by atoms with Crippen LogP contribution in [-0.2, 0) is 7.05 Å². The third-order valence-corrected chi connectivity index (χ3v) is 5.25. The second-order valence-electron chi connectivity index (χ2n) is 7.29. The minimum absolute atomic E-state index is 0.0181. The van der Waals surface area contributed by atoms with E-state index in [1.165, 1.54) is 17.9 Å². The van der Waals surface area contributed by atoms with Crippen molar-refractivity contribution in [2.24, 2.45) is 17.3 Å². The summed E-state index contributed by atoms with van der Waals surface area (Å²) in [6, 6.07) is 16.2. The Kier molecular flexibility index (Phi) is 5.09. The zero-order valence-electron chi connectivity index (χ0n) is 18.1. The van der Waals surface area contributed by atoms with Gasteiger partial charge in [-0.05, 0) is 24.3 Å². The molecule has 0 aliphatic rings. The molecule has 0 fully saturated rings. The summed E-state index contributed by atoms with van der Waals surface area (Å²) in [7, 11) is 1.30. The standard InChI is InChI=1S/C23H14N10O2/c1-32-22(34)14(11-25)18(20-28-15-6-2-3-7-16(15)29-20)19(23(32)35)30-31-21-13(10-24)12-27-33(21)17-8-4-5-9-26-17/h2-9,12,34H,1H3,(H,28,29). The summed E-state index contributed by atoms with van der Waals surface area (Å²) in [6.45, 7) is 0. The van der Waals surface area contributed by atoms with E-state index in [2.05, 4.69) is 30.3 Å². The quantitative estimate of drug-likeness (QED) is 0.385. The zero-order chi connectivity index (χ0) is 24.5. The van der Waals surface area contributed by atoms with Crippen molar-refractivity contribution in [3.8, 4) is 35.2 Å². The molecule has 0 bridgehead atoms. The van der Waals surface area contributed by atoms with Gasteiger partial charge in [-0.2, -0.15) is 20.3 Å². The van der Waals surface area contributed by atoms with Crippen molar-refractivity contribution in [3.63, 3.8) is 0 Å². The number of nitriles is 2. The van der Waals surface area contributed by atoms with E-state index in [1.807, 2.05) is 12.1 Å². The number of aromatic nitrogens is 6. The summed E-state index contributed by atoms with van der Waals surface area (Å²) < 4.78 is 2.19. The molecule has 4 aromatic heterocycles. The average molecular weight is 462 g/mol. The summed E-state index contributed by atoms with van der Waals surface area (Å²) in [5.41, 5.74) is 0.153. The van der Waals surface area contributed by atoms with Gasteiger partial charge in [0.25, 0.3) is 5.56 Å². The first-order valence-corrected chi connectivity index (χ1v) is 10.2. The summed E-state index contributed by atoms with van der Waals surface area (Å²) in [5.74, 6) is 0.0405. The number of nitrogens with one attached hydrogen (secondary N) is 1. The van der Waals surface area contributed by atoms with E-state index in [4.69, 9.17) is 0 Å². The van der Waals surface area contributed by atoms with Crippen LogP contribution in [0.25, 0.3) is 28.2 Å². The predicted molar refractivity (Wildman–Crippen MR) is 123 cm³/mol. The first-order chi connectivity index (χ1) is 17.0. The third kappa shape index (κ3) is 3.48. The Morgan fingerprint density at radius 3 is 2.60 bits per heavy atom. The molecule has 168 valence electrons. The Morgan fingerprint density at radius 1 is 1.09 bits per heavy atom. The van der Waals surface area contributed by atoms with Crippen LogP contribution in [0, 0.1) is 22.7 Å². The van der Waals surface area contributed by atoms with E-state index in [1.54, 1.807) is 48.7 Å². The molecule has 0 aliphatic heterocycles. The van der Waals surface area contributed by atoms with Gasteiger partial charge in [-0.25, -0.2) is 9.97 Å². The SMILES string of the molecule is Cn1c(O)c(C#N)c(-c2nc3ccccc3[nH]2)c(N=Nc2c(C#N)cnn2-c2ccccn2)c1=O. The van der Waals surface area contributed by atoms with Crippen molar-refractivity contribution >= 4 is 22.5 Å². The van der Waals surface area contributed by atoms with Crippen molar-refractivity contribution < 1.29 is 5.11 Å². The van der Waals surface area contributed by atoms with Gasteiger partial charge in [-0.15, -0.1) is 10.2 Å². The number of aromatic amines is 1. The van der Waals surface area contributed by atoms with Crippen LogP contribution in [0.15, 0.2) is 69.9 Å². The number of fused-ring (bicyclic) bond motifs is 1. The molecule has 0 saturated heterocycles. The van der Waals surface area contributed by atoms with E-state index >= 15 is 0 Å². The number of imidazole rings is 1. The monoisotopic (exact) mass is 462 g/mol. The minimum atomic E-state index is -0.719. The van der Waals surface area contributed by atoms with Gasteiger partial charge in [-0.1, -0.05) is 18.2 Å². The number of hydrogen-bond donors (Lipinski definition) is 2. The molecule has 4 heterocycles. The average Bonchev–Trinajstić information content (AvgIpc) is 3.51. The Balaban J connectivity index is 1.76. The highest BCUT2D eigenvalue weighted by Crippen LogP contribution is 2.35. The van der Waals surface area contributed by atoms with Gasteiger partial charge in [0.1, 0.15) is 29.1 Å². The van der Waals surface area contributed by atoms with Crippen LogP contribution in [0.1, 0.15) is 11.1 Å². The van der Waals surface area contributed by atoms with Crippen molar-refractivity contribution in [3.05, 3.63) is 76.3 Å². The second-order valence-corrected chi connectivity index (χ2v) is 7.29. The number of rotatable bonds is 4. The highest BCUT2D eigenvalue weighted by molar-refractivity contribution is 5.85. The van der Waals surface area contributed by atoms with Crippen molar-refractivity contribution in [1.29, 1.82) is 10.5 Å². The molecular weight excluding hydrogens is 448 g/mol. The smallest absolute Gasteiger partial charge is 0.281 e. The highest BCUT2D eigenvalue weighted by atomic mass is 16.3. The highest BCUT2D eigenvalue weighted by Gasteiger charge is 2.24. The largest absolute Gasteiger partial charge is 0.493 e. The van der Waals surface area contributed by atoms with Gasteiger partial charge < -0.3 is 10.1 Å². The number of H-pyrrole nitrogens is 1. The molecule has 0 radical (unpaired) electrons. The van der Waals surface area contributed by atoms with Crippen molar-refractivity contribution in [2.75, 3.05) is 0 Å². The molecule has 0 unspecified atom stereocenters. The first kappa shape index (κ1) is 21.2. The molecule has 2 N–H and O–H groups in total. The van der Waals surface area contributed by atoms with Crippen LogP contribution >= 0.6 is 0 Å². The van der Waals surface area contributed by atoms with Crippen LogP contribution in [0.3, 0.4) is 0 Å². The summed E-state index contributed by atoms with van der Waals surface area (Å²) >= 11 is 0. The maximum atomic E-state index is 13.1. The first-order valence-electron chi connectivity index (χ1n) is 10.2. The number of hydrogen-bond acceptors (Lipinski definition) is 9. The fourth-order valence-corrected chi connectivity index (χ4v) is 3.52. The normalized spacial score (nSPS) is 11.1. The minimum Gasteiger partial charge on any atom is -0.493 e. The molecule has 12 heteroatoms. The Hall–Kier alpha value is -5.62. The molecule has 0 saturated carbocycles. The summed E-state index contributed by atoms with van der Waals surface area (Å²) in [6.07, 6.45) is 2.86. The number of nitrogens with zero attached hydrogens (tertiary/aromatic N) is 9. The van der Waals surface area contributed by atoms with Gasteiger partial charge in [0.2, 0.25) is 5.88 Å². The topological polar surface area (TPSA) is 174 Å². The Bertz CT molecular complexity index is 1730. The van der Waals surface area contributed by atoms with Gasteiger partial charge in [-0.3, -0.25) is 9.36 Å². The molecule has 0 aliphatic carbocycles. The molecule has 12 nitrogen and oxygen atoms in total. The molecular formula is C23H14N10O2. The number of pyridine rings is 2. The molecule has 0 spiro atoms. The number of benzene rings is 1. The maximum absolute atomic E-state index is 13.1. The predicted octanol–water partition coefficient (Wildman–Crippen LogP) is 3.37. The Morgan fingerprint density at radius 2 is 1.89 bits per heavy atom. The van der Waals surface area contributed by atoms with Crippen molar-refractivity contribution in [2.45, 2.75) is 0 Å². The van der Waals surface area contributed by atoms with Crippen LogP contribution in [0.5, 0.6) is 5.88 Å². The second kappa shape index (κ2) is 8.38. The lowest BCUT2D eigenvalue weighted by molar-refractivity contribution is 0.422. The molecule has 0 amide bonds. The fraction of sp³-hybridized carbons (Fsp3) is 0.0435. The molecule has 0 atom stereocenters. The maximum Gasteiger partial charge on any atom is 0.281 e. The van der Waals surface area contributed by atoms with E-state index in [-0.39, 0.29) is 34.0 Å². The fourth-order valence-electron chi connectivity index (χ4n) is 3.52. The lowest BCUT2D eigenvalue weighted by Gasteiger charge is -2.10. The molecule has 5 rings (SSSR count). The lowest BCUT2D eigenvalue weighted by atomic mass is 10.1. The van der Waals surface area contributed by atoms with Gasteiger partial charge in [0.05, 0.1) is 22.8 Å². The summed E-state index contributed by atoms with van der Waals surface area (Å²) in [5, 5.41) is 42.3. The van der Waals surface area contributed by atoms with E-state index in [0.29, 0.717) is 16.9 Å². The molecule has 1 aromatic carbocycles. The van der Waals surface area contributed by atoms with E-state index in [0.717, 1.165) is 4.57 Å². The molecule has 5 aromatic rings. The third-order valence-electron chi connectivity index (χ3n) is 5.25. The van der Waals surface area contributed by atoms with Crippen LogP contribution in [0.4, 0.5) is 11.5 Å². The van der Waals surface area contributed by atoms with Crippen LogP contribution in [-0.4, -0.2) is 34.4 Å². The number of para-hydroxylation sites is 2. The Labute approximate surface area is 196 Å². The van der Waals surface area contributed by atoms with Crippen molar-refractivity contribution in [1.82, 2.24) is 29.3 Å². The van der Waals surface area contributed by atoms with Gasteiger partial charge in [0.15, 0.2) is 17.3 Å². The number of aromatic hydroxyl groups is 1. The van der Waals surface area contributed by atoms with Gasteiger partial charge >= 0.3 is 0 Å². The molecule has 35 heavy (non-hydrogen) atoms. The number of azo groups is 1. The van der Waals surface area contributed by atoms with Gasteiger partial charge in [0, 0.05) is 13.2 Å². The lowest BCUT2D eigenvalue weighted by Crippen LogP contribution is -2.18. The van der Waals surface area contributed by atoms with E-state index < -0.39 is 11.4 Å². The van der Waals surface area contributed by atoms with Crippen LogP contribution < -0.4 is 5.56 Å². The zero-order valence-corrected chi connectivity index (χ0v) is 18.1.